The lowest BCUT2D eigenvalue weighted by Gasteiger charge is -1.74. The highest BCUT2D eigenvalue weighted by atomic mass is 31.1. The molecular formula is C3H6O2P. The van der Waals surface area contributed by atoms with Gasteiger partial charge in [-0.2, -0.15) is 0 Å². The minimum atomic E-state index is -1.35. The zero-order valence-corrected chi connectivity index (χ0v) is 4.31. The predicted molar refractivity (Wildman–Crippen MR) is 24.1 cm³/mol. The van der Waals surface area contributed by atoms with Gasteiger partial charge in [0.1, 0.15) is 14.1 Å². The van der Waals surface area contributed by atoms with Crippen LogP contribution < -0.4 is 0 Å². The normalized spacial score (nSPS) is 34.3. The van der Waals surface area contributed by atoms with Crippen LogP contribution in [0.25, 0.3) is 0 Å². The van der Waals surface area contributed by atoms with E-state index in [2.05, 4.69) is 4.74 Å². The van der Waals surface area contributed by atoms with E-state index in [9.17, 15) is 4.57 Å². The molecule has 1 unspecified atom stereocenters. The van der Waals surface area contributed by atoms with E-state index in [4.69, 9.17) is 0 Å². The molecule has 1 rings (SSSR count). The first-order valence-electron chi connectivity index (χ1n) is 1.87. The SMILES string of the molecule is O=[PH]1[CH]OCC1. The molecule has 1 fully saturated rings. The summed E-state index contributed by atoms with van der Waals surface area (Å²) in [4.78, 5) is 0. The van der Waals surface area contributed by atoms with Gasteiger partial charge in [0.15, 0.2) is 0 Å². The molecule has 1 aliphatic rings. The van der Waals surface area contributed by atoms with Gasteiger partial charge >= 0.3 is 0 Å². The molecule has 0 aromatic heterocycles. The van der Waals surface area contributed by atoms with Crippen LogP contribution in [-0.4, -0.2) is 12.8 Å². The Kier molecular flexibility index (Phi) is 1.28. The molecule has 0 aromatic rings. The van der Waals surface area contributed by atoms with Crippen molar-refractivity contribution < 1.29 is 9.30 Å². The van der Waals surface area contributed by atoms with Crippen LogP contribution in [0, 0.1) is 6.35 Å². The molecule has 0 spiro atoms. The van der Waals surface area contributed by atoms with Gasteiger partial charge in [-0.3, -0.25) is 0 Å². The molecule has 1 radical (unpaired) electrons. The molecular weight excluding hydrogens is 99.0 g/mol. The summed E-state index contributed by atoms with van der Waals surface area (Å²) in [6, 6.07) is 0. The van der Waals surface area contributed by atoms with Crippen molar-refractivity contribution in [1.82, 2.24) is 0 Å². The Morgan fingerprint density at radius 3 is 2.83 bits per heavy atom. The zero-order valence-electron chi connectivity index (χ0n) is 3.31. The van der Waals surface area contributed by atoms with Gasteiger partial charge < -0.3 is 9.30 Å². The van der Waals surface area contributed by atoms with Gasteiger partial charge in [0.25, 0.3) is 0 Å². The van der Waals surface area contributed by atoms with Gasteiger partial charge in [-0.05, 0) is 0 Å². The lowest BCUT2D eigenvalue weighted by molar-refractivity contribution is 0.266. The lowest BCUT2D eigenvalue weighted by Crippen LogP contribution is -1.75. The number of rotatable bonds is 0. The Morgan fingerprint density at radius 1 is 1.83 bits per heavy atom. The molecule has 0 amide bonds. The molecule has 0 aliphatic carbocycles. The van der Waals surface area contributed by atoms with Crippen molar-refractivity contribution >= 4 is 7.80 Å². The van der Waals surface area contributed by atoms with Crippen LogP contribution in [0.1, 0.15) is 0 Å². The molecule has 0 aromatic carbocycles. The molecule has 0 saturated carbocycles. The van der Waals surface area contributed by atoms with Crippen molar-refractivity contribution in [3.8, 4) is 0 Å². The van der Waals surface area contributed by atoms with Gasteiger partial charge in [0, 0.05) is 6.16 Å². The Bertz CT molecular complexity index is 63.2. The Labute approximate surface area is 37.3 Å². The van der Waals surface area contributed by atoms with Crippen molar-refractivity contribution in [2.45, 2.75) is 0 Å². The lowest BCUT2D eigenvalue weighted by atomic mass is 10.9. The minimum Gasteiger partial charge on any atom is -0.367 e. The summed E-state index contributed by atoms with van der Waals surface area (Å²) in [5.74, 6) is 0. The zero-order chi connectivity index (χ0) is 4.41. The number of ether oxygens (including phenoxy) is 1. The summed E-state index contributed by atoms with van der Waals surface area (Å²) in [7, 11) is -1.35. The first-order chi connectivity index (χ1) is 2.89. The number of hydrogen-bond donors (Lipinski definition) is 0. The second-order valence-electron chi connectivity index (χ2n) is 1.20. The number of hydrogen-bond acceptors (Lipinski definition) is 2. The second-order valence-corrected chi connectivity index (χ2v) is 2.87. The fourth-order valence-electron chi connectivity index (χ4n) is 0.370. The van der Waals surface area contributed by atoms with Gasteiger partial charge in [-0.15, -0.1) is 0 Å². The van der Waals surface area contributed by atoms with E-state index in [-0.39, 0.29) is 0 Å². The third kappa shape index (κ3) is 0.825. The van der Waals surface area contributed by atoms with Crippen molar-refractivity contribution in [3.63, 3.8) is 0 Å². The van der Waals surface area contributed by atoms with Gasteiger partial charge in [-0.1, -0.05) is 0 Å². The van der Waals surface area contributed by atoms with Gasteiger partial charge in [-0.25, -0.2) is 0 Å². The maximum atomic E-state index is 10.2. The smallest absolute Gasteiger partial charge is 0.141 e. The Hall–Kier alpha value is 0.190. The van der Waals surface area contributed by atoms with E-state index in [1.54, 1.807) is 0 Å². The standard InChI is InChI=1S/C3H6O2P/c4-6-2-1-5-3-6/h3,6H,1-2H2. The van der Waals surface area contributed by atoms with E-state index in [1.807, 2.05) is 0 Å². The summed E-state index contributed by atoms with van der Waals surface area (Å²) in [5.41, 5.74) is 0. The van der Waals surface area contributed by atoms with Crippen molar-refractivity contribution in [2.24, 2.45) is 0 Å². The van der Waals surface area contributed by atoms with Crippen LogP contribution in [0.4, 0.5) is 0 Å². The summed E-state index contributed by atoms with van der Waals surface area (Å²) < 4.78 is 14.9. The van der Waals surface area contributed by atoms with Crippen molar-refractivity contribution in [2.75, 3.05) is 12.8 Å². The molecule has 0 bridgehead atoms. The quantitative estimate of drug-likeness (QED) is 0.424. The van der Waals surface area contributed by atoms with E-state index in [1.165, 1.54) is 6.35 Å². The molecule has 1 atom stereocenters. The molecule has 1 aliphatic heterocycles. The fourth-order valence-corrected chi connectivity index (χ4v) is 1.11. The molecule has 6 heavy (non-hydrogen) atoms. The van der Waals surface area contributed by atoms with E-state index in [0.717, 1.165) is 6.16 Å². The van der Waals surface area contributed by atoms with Crippen LogP contribution in [0.2, 0.25) is 0 Å². The van der Waals surface area contributed by atoms with Crippen LogP contribution in [0.15, 0.2) is 0 Å². The molecule has 1 saturated heterocycles. The Balaban J connectivity index is 2.37. The van der Waals surface area contributed by atoms with Crippen LogP contribution in [0.5, 0.6) is 0 Å². The highest BCUT2D eigenvalue weighted by Gasteiger charge is 2.06. The summed E-state index contributed by atoms with van der Waals surface area (Å²) in [6.07, 6.45) is 2.20. The minimum absolute atomic E-state index is 0.664. The van der Waals surface area contributed by atoms with Crippen molar-refractivity contribution in [1.29, 1.82) is 0 Å². The monoisotopic (exact) mass is 105 g/mol. The van der Waals surface area contributed by atoms with E-state index < -0.39 is 7.80 Å². The molecule has 35 valence electrons. The average Bonchev–Trinajstić information content (AvgIpc) is 1.86. The first-order valence-corrected chi connectivity index (χ1v) is 3.56. The third-order valence-corrected chi connectivity index (χ3v) is 1.81. The maximum absolute atomic E-state index is 10.2. The first kappa shape index (κ1) is 4.35. The highest BCUT2D eigenvalue weighted by molar-refractivity contribution is 7.47. The largest absolute Gasteiger partial charge is 0.367 e. The summed E-state index contributed by atoms with van der Waals surface area (Å²) in [5, 5.41) is 0. The molecule has 0 N–H and O–H groups in total. The summed E-state index contributed by atoms with van der Waals surface area (Å²) >= 11 is 0. The topological polar surface area (TPSA) is 26.3 Å². The van der Waals surface area contributed by atoms with Crippen LogP contribution in [0.3, 0.4) is 0 Å². The fraction of sp³-hybridized carbons (Fsp3) is 0.667. The highest BCUT2D eigenvalue weighted by Crippen LogP contribution is 2.29. The van der Waals surface area contributed by atoms with Gasteiger partial charge in [0.05, 0.1) is 6.61 Å². The summed E-state index contributed by atoms with van der Waals surface area (Å²) in [6.45, 7) is 0.664. The molecule has 3 heteroatoms. The van der Waals surface area contributed by atoms with Crippen LogP contribution >= 0.6 is 7.80 Å². The van der Waals surface area contributed by atoms with E-state index >= 15 is 0 Å². The average molecular weight is 105 g/mol. The van der Waals surface area contributed by atoms with Gasteiger partial charge in [0.2, 0.25) is 0 Å². The molecule has 2 nitrogen and oxygen atoms in total. The molecule has 1 heterocycles. The Morgan fingerprint density at radius 2 is 2.67 bits per heavy atom. The third-order valence-electron chi connectivity index (χ3n) is 0.681. The van der Waals surface area contributed by atoms with E-state index in [0.29, 0.717) is 6.61 Å². The predicted octanol–water partition coefficient (Wildman–Crippen LogP) is 0.696. The second kappa shape index (κ2) is 1.76. The van der Waals surface area contributed by atoms with Crippen LogP contribution in [-0.2, 0) is 9.30 Å². The van der Waals surface area contributed by atoms with Crippen molar-refractivity contribution in [3.05, 3.63) is 6.35 Å². The maximum Gasteiger partial charge on any atom is 0.141 e.